The summed E-state index contributed by atoms with van der Waals surface area (Å²) >= 11 is 0. The van der Waals surface area contributed by atoms with Crippen molar-refractivity contribution in [2.45, 2.75) is 31.6 Å². The van der Waals surface area contributed by atoms with Gasteiger partial charge in [0.1, 0.15) is 18.4 Å². The van der Waals surface area contributed by atoms with E-state index in [2.05, 4.69) is 10.5 Å². The van der Waals surface area contributed by atoms with Gasteiger partial charge in [-0.25, -0.2) is 13.8 Å². The second kappa shape index (κ2) is 12.0. The number of hydrazone groups is 1. The molecule has 0 radical (unpaired) electrons. The first-order valence-electron chi connectivity index (χ1n) is 11.3. The van der Waals surface area contributed by atoms with Crippen molar-refractivity contribution in [3.05, 3.63) is 89.5 Å². The van der Waals surface area contributed by atoms with E-state index in [1.165, 1.54) is 18.3 Å². The highest BCUT2D eigenvalue weighted by molar-refractivity contribution is 7.92. The average molecular weight is 505 g/mol. The van der Waals surface area contributed by atoms with Crippen LogP contribution < -0.4 is 14.5 Å². The molecule has 0 aliphatic rings. The highest BCUT2D eigenvalue weighted by Gasteiger charge is 2.27. The molecule has 0 spiro atoms. The molecule has 3 rings (SSSR count). The topological polar surface area (TPSA) is 112 Å². The smallest absolute Gasteiger partial charge is 0.264 e. The molecule has 0 heterocycles. The number of carbonyl (C=O) groups excluding carboxylic acids is 1. The number of nitriles is 1. The van der Waals surface area contributed by atoms with E-state index in [1.54, 1.807) is 48.5 Å². The van der Waals surface area contributed by atoms with Crippen molar-refractivity contribution >= 4 is 27.8 Å². The van der Waals surface area contributed by atoms with Crippen LogP contribution in [0.5, 0.6) is 5.75 Å². The number of nitrogens with one attached hydrogen (secondary N) is 1. The molecule has 0 bridgehead atoms. The van der Waals surface area contributed by atoms with E-state index in [4.69, 9.17) is 10.00 Å². The molecule has 1 N–H and O–H groups in total. The molecule has 0 aromatic heterocycles. The van der Waals surface area contributed by atoms with Gasteiger partial charge in [0.05, 0.1) is 16.8 Å². The summed E-state index contributed by atoms with van der Waals surface area (Å²) in [6.07, 6.45) is 1.43. The summed E-state index contributed by atoms with van der Waals surface area (Å²) in [6, 6.07) is 22.3. The van der Waals surface area contributed by atoms with Crippen molar-refractivity contribution in [3.63, 3.8) is 0 Å². The van der Waals surface area contributed by atoms with Crippen molar-refractivity contribution in [3.8, 4) is 11.8 Å². The van der Waals surface area contributed by atoms with Gasteiger partial charge in [0.25, 0.3) is 15.9 Å². The molecule has 0 aliphatic heterocycles. The van der Waals surface area contributed by atoms with Gasteiger partial charge in [0.15, 0.2) is 6.61 Å². The van der Waals surface area contributed by atoms with E-state index in [0.29, 0.717) is 17.0 Å². The Labute approximate surface area is 211 Å². The molecule has 0 saturated heterocycles. The van der Waals surface area contributed by atoms with Crippen molar-refractivity contribution in [1.29, 1.82) is 5.26 Å². The second-order valence-electron chi connectivity index (χ2n) is 8.38. The molecule has 3 aromatic carbocycles. The number of benzene rings is 3. The molecule has 0 saturated carbocycles. The average Bonchev–Trinajstić information content (AvgIpc) is 2.87. The molecule has 186 valence electrons. The number of amides is 1. The Kier molecular flexibility index (Phi) is 8.81. The Balaban J connectivity index is 1.78. The van der Waals surface area contributed by atoms with Crippen LogP contribution in [-0.4, -0.2) is 33.7 Å². The lowest BCUT2D eigenvalue weighted by atomic mass is 10.0. The highest BCUT2D eigenvalue weighted by atomic mass is 32.2. The Morgan fingerprint density at radius 3 is 2.28 bits per heavy atom. The van der Waals surface area contributed by atoms with Gasteiger partial charge < -0.3 is 4.74 Å². The summed E-state index contributed by atoms with van der Waals surface area (Å²) in [5.74, 6) is 0.229. The van der Waals surface area contributed by atoms with Crippen LogP contribution in [0, 0.1) is 18.3 Å². The van der Waals surface area contributed by atoms with Gasteiger partial charge in [-0.2, -0.15) is 10.4 Å². The molecule has 0 fully saturated rings. The number of ether oxygens (including phenoxy) is 1. The van der Waals surface area contributed by atoms with Gasteiger partial charge in [-0.05, 0) is 72.5 Å². The number of hydrogen-bond acceptors (Lipinski definition) is 6. The predicted octanol–water partition coefficient (Wildman–Crippen LogP) is 4.37. The predicted molar refractivity (Wildman–Crippen MR) is 140 cm³/mol. The fraction of sp³-hybridized carbons (Fsp3) is 0.222. The van der Waals surface area contributed by atoms with E-state index < -0.39 is 22.5 Å². The maximum Gasteiger partial charge on any atom is 0.264 e. The zero-order valence-corrected chi connectivity index (χ0v) is 21.2. The van der Waals surface area contributed by atoms with Crippen molar-refractivity contribution < 1.29 is 17.9 Å². The van der Waals surface area contributed by atoms with Gasteiger partial charge in [-0.15, -0.1) is 0 Å². The highest BCUT2D eigenvalue weighted by Crippen LogP contribution is 2.26. The first-order valence-corrected chi connectivity index (χ1v) is 12.8. The number of nitrogens with zero attached hydrogens (tertiary/aromatic N) is 3. The molecule has 1 amide bonds. The zero-order valence-electron chi connectivity index (χ0n) is 20.4. The number of aryl methyl sites for hydroxylation is 1. The number of carbonyl (C=O) groups is 1. The standard InChI is InChI=1S/C27H28N4O4S/c1-20(2)23-8-10-24(11-9-23)31(36(33,34)26-14-4-21(3)5-15-26)19-27(32)30-29-18-22-6-12-25(13-7-22)35-17-16-28/h4-15,18,20H,17,19H2,1-3H3,(H,30,32). The lowest BCUT2D eigenvalue weighted by Crippen LogP contribution is -2.39. The molecule has 8 nitrogen and oxygen atoms in total. The van der Waals surface area contributed by atoms with E-state index in [9.17, 15) is 13.2 Å². The van der Waals surface area contributed by atoms with Crippen LogP contribution in [0.15, 0.2) is 82.8 Å². The van der Waals surface area contributed by atoms with E-state index in [0.717, 1.165) is 15.4 Å². The van der Waals surface area contributed by atoms with Crippen LogP contribution in [0.1, 0.15) is 36.5 Å². The monoisotopic (exact) mass is 504 g/mol. The van der Waals surface area contributed by atoms with Gasteiger partial charge in [-0.1, -0.05) is 43.7 Å². The summed E-state index contributed by atoms with van der Waals surface area (Å²) in [7, 11) is -4.00. The number of hydrogen-bond donors (Lipinski definition) is 1. The third kappa shape index (κ3) is 6.93. The van der Waals surface area contributed by atoms with E-state index in [1.807, 2.05) is 39.0 Å². The normalized spacial score (nSPS) is 11.3. The zero-order chi connectivity index (χ0) is 26.1. The summed E-state index contributed by atoms with van der Waals surface area (Å²) in [5.41, 5.74) is 5.45. The first kappa shape index (κ1) is 26.4. The van der Waals surface area contributed by atoms with Gasteiger partial charge in [0, 0.05) is 0 Å². The van der Waals surface area contributed by atoms with Gasteiger partial charge in [-0.3, -0.25) is 9.10 Å². The van der Waals surface area contributed by atoms with Crippen LogP contribution in [0.25, 0.3) is 0 Å². The van der Waals surface area contributed by atoms with Crippen LogP contribution in [0.2, 0.25) is 0 Å². The summed E-state index contributed by atoms with van der Waals surface area (Å²) in [6.45, 7) is 5.47. The van der Waals surface area contributed by atoms with Crippen LogP contribution >= 0.6 is 0 Å². The van der Waals surface area contributed by atoms with Crippen molar-refractivity contribution in [2.75, 3.05) is 17.5 Å². The minimum Gasteiger partial charge on any atom is -0.479 e. The summed E-state index contributed by atoms with van der Waals surface area (Å²) in [5, 5.41) is 12.5. The molecule has 36 heavy (non-hydrogen) atoms. The molecular formula is C27H28N4O4S. The number of sulfonamides is 1. The molecule has 3 aromatic rings. The fourth-order valence-electron chi connectivity index (χ4n) is 3.29. The van der Waals surface area contributed by atoms with Crippen molar-refractivity contribution in [2.24, 2.45) is 5.10 Å². The van der Waals surface area contributed by atoms with E-state index >= 15 is 0 Å². The van der Waals surface area contributed by atoms with Crippen LogP contribution in [0.3, 0.4) is 0 Å². The van der Waals surface area contributed by atoms with Crippen LogP contribution in [-0.2, 0) is 14.8 Å². The minimum atomic E-state index is -4.00. The molecule has 0 atom stereocenters. The van der Waals surface area contributed by atoms with Crippen molar-refractivity contribution in [1.82, 2.24) is 5.43 Å². The molecule has 9 heteroatoms. The quantitative estimate of drug-likeness (QED) is 0.326. The fourth-order valence-corrected chi connectivity index (χ4v) is 4.71. The second-order valence-corrected chi connectivity index (χ2v) is 10.2. The SMILES string of the molecule is Cc1ccc(S(=O)(=O)N(CC(=O)NN=Cc2ccc(OCC#N)cc2)c2ccc(C(C)C)cc2)cc1. The Morgan fingerprint density at radius 1 is 1.06 bits per heavy atom. The van der Waals surface area contributed by atoms with Gasteiger partial charge >= 0.3 is 0 Å². The summed E-state index contributed by atoms with van der Waals surface area (Å²) < 4.78 is 33.2. The third-order valence-electron chi connectivity index (χ3n) is 5.33. The number of rotatable bonds is 10. The van der Waals surface area contributed by atoms with E-state index in [-0.39, 0.29) is 17.4 Å². The molecule has 0 aliphatic carbocycles. The largest absolute Gasteiger partial charge is 0.479 e. The lowest BCUT2D eigenvalue weighted by Gasteiger charge is -2.24. The van der Waals surface area contributed by atoms with Crippen LogP contribution in [0.4, 0.5) is 5.69 Å². The van der Waals surface area contributed by atoms with Gasteiger partial charge in [0.2, 0.25) is 0 Å². The third-order valence-corrected chi connectivity index (χ3v) is 7.12. The lowest BCUT2D eigenvalue weighted by molar-refractivity contribution is -0.119. The first-order chi connectivity index (χ1) is 17.2. The maximum atomic E-state index is 13.5. The maximum absolute atomic E-state index is 13.5. The summed E-state index contributed by atoms with van der Waals surface area (Å²) in [4.78, 5) is 12.8. The Morgan fingerprint density at radius 2 is 1.69 bits per heavy atom. The molecular weight excluding hydrogens is 476 g/mol. The molecule has 0 unspecified atom stereocenters. The minimum absolute atomic E-state index is 0.0499. The number of anilines is 1. The Bertz CT molecular complexity index is 1340. The Hall–Kier alpha value is -4.16.